The lowest BCUT2D eigenvalue weighted by molar-refractivity contribution is 0.0227. The second-order valence-electron chi connectivity index (χ2n) is 2.86. The highest BCUT2D eigenvalue weighted by Crippen LogP contribution is 2.16. The van der Waals surface area contributed by atoms with Crippen molar-refractivity contribution in [1.82, 2.24) is 0 Å². The molecule has 0 aromatic heterocycles. The predicted molar refractivity (Wildman–Crippen MR) is 55.4 cm³/mol. The fourth-order valence-corrected chi connectivity index (χ4v) is 1.12. The highest BCUT2D eigenvalue weighted by atomic mass is 16.3. The van der Waals surface area contributed by atoms with Gasteiger partial charge in [-0.3, -0.25) is 0 Å². The van der Waals surface area contributed by atoms with Gasteiger partial charge in [0.05, 0.1) is 0 Å². The topological polar surface area (TPSA) is 40.5 Å². The molecular weight excluding hydrogens is 164 g/mol. The van der Waals surface area contributed by atoms with E-state index in [1.54, 1.807) is 57.2 Å². The molecule has 0 aliphatic heterocycles. The molecule has 0 fully saturated rings. The lowest BCUT2D eigenvalue weighted by Gasteiger charge is -2.24. The van der Waals surface area contributed by atoms with Crippen LogP contribution in [0.15, 0.2) is 36.5 Å². The lowest BCUT2D eigenvalue weighted by Crippen LogP contribution is -2.37. The predicted octanol–water partition coefficient (Wildman–Crippen LogP) is 1.81. The molecule has 2 nitrogen and oxygen atoms in total. The van der Waals surface area contributed by atoms with Gasteiger partial charge in [0.1, 0.15) is 11.7 Å². The highest BCUT2D eigenvalue weighted by Gasteiger charge is 2.27. The number of hydrogen-bond donors (Lipinski definition) is 2. The van der Waals surface area contributed by atoms with E-state index in [9.17, 15) is 10.2 Å². The standard InChI is InChI=1S/C11H18O2/c1-4-7-10(12)11(13,8-5-2)9-6-3/h4-10,12-13H,1-3H3. The maximum Gasteiger partial charge on any atom is 0.130 e. The van der Waals surface area contributed by atoms with Gasteiger partial charge in [-0.2, -0.15) is 0 Å². The van der Waals surface area contributed by atoms with E-state index in [-0.39, 0.29) is 0 Å². The zero-order valence-corrected chi connectivity index (χ0v) is 8.44. The first-order valence-corrected chi connectivity index (χ1v) is 4.41. The number of allylic oxidation sites excluding steroid dienone is 3. The van der Waals surface area contributed by atoms with Gasteiger partial charge in [-0.1, -0.05) is 36.5 Å². The van der Waals surface area contributed by atoms with Crippen LogP contribution in [0.5, 0.6) is 0 Å². The molecule has 0 bridgehead atoms. The molecule has 1 unspecified atom stereocenters. The van der Waals surface area contributed by atoms with E-state index in [1.165, 1.54) is 0 Å². The maximum absolute atomic E-state index is 9.94. The third kappa shape index (κ3) is 3.57. The minimum atomic E-state index is -1.28. The quantitative estimate of drug-likeness (QED) is 0.651. The lowest BCUT2D eigenvalue weighted by atomic mass is 9.95. The molecule has 0 spiro atoms. The van der Waals surface area contributed by atoms with Crippen LogP contribution in [0.25, 0.3) is 0 Å². The number of aliphatic hydroxyl groups is 2. The second-order valence-corrected chi connectivity index (χ2v) is 2.86. The summed E-state index contributed by atoms with van der Waals surface area (Å²) in [4.78, 5) is 0. The van der Waals surface area contributed by atoms with Gasteiger partial charge in [-0.25, -0.2) is 0 Å². The Labute approximate surface area is 79.9 Å². The van der Waals surface area contributed by atoms with E-state index in [0.717, 1.165) is 0 Å². The van der Waals surface area contributed by atoms with Crippen molar-refractivity contribution in [2.24, 2.45) is 0 Å². The van der Waals surface area contributed by atoms with Crippen molar-refractivity contribution in [3.8, 4) is 0 Å². The van der Waals surface area contributed by atoms with E-state index in [0.29, 0.717) is 0 Å². The van der Waals surface area contributed by atoms with Gasteiger partial charge in [0.25, 0.3) is 0 Å². The summed E-state index contributed by atoms with van der Waals surface area (Å²) in [6.45, 7) is 5.41. The monoisotopic (exact) mass is 182 g/mol. The molecule has 0 saturated carbocycles. The van der Waals surface area contributed by atoms with E-state index in [1.807, 2.05) is 0 Å². The molecule has 2 heteroatoms. The van der Waals surface area contributed by atoms with Gasteiger partial charge >= 0.3 is 0 Å². The molecule has 0 heterocycles. The van der Waals surface area contributed by atoms with Crippen molar-refractivity contribution in [3.63, 3.8) is 0 Å². The largest absolute Gasteiger partial charge is 0.385 e. The summed E-state index contributed by atoms with van der Waals surface area (Å²) in [6, 6.07) is 0. The van der Waals surface area contributed by atoms with Crippen molar-refractivity contribution in [1.29, 1.82) is 0 Å². The van der Waals surface area contributed by atoms with Gasteiger partial charge in [-0.15, -0.1) is 0 Å². The Morgan fingerprint density at radius 3 is 1.77 bits per heavy atom. The molecule has 13 heavy (non-hydrogen) atoms. The Bertz CT molecular complexity index is 202. The molecule has 74 valence electrons. The Hall–Kier alpha value is -0.860. The Kier molecular flexibility index (Phi) is 5.35. The second kappa shape index (κ2) is 5.73. The normalized spacial score (nSPS) is 20.1. The third-order valence-corrected chi connectivity index (χ3v) is 1.72. The first-order valence-electron chi connectivity index (χ1n) is 4.41. The van der Waals surface area contributed by atoms with Crippen LogP contribution in [0.4, 0.5) is 0 Å². The number of hydrogen-bond acceptors (Lipinski definition) is 2. The third-order valence-electron chi connectivity index (χ3n) is 1.72. The van der Waals surface area contributed by atoms with Crippen LogP contribution in [0, 0.1) is 0 Å². The van der Waals surface area contributed by atoms with E-state index >= 15 is 0 Å². The Morgan fingerprint density at radius 1 is 1.00 bits per heavy atom. The highest BCUT2D eigenvalue weighted by molar-refractivity contribution is 5.20. The molecule has 1 atom stereocenters. The molecule has 0 radical (unpaired) electrons. The van der Waals surface area contributed by atoms with Crippen LogP contribution in [0.1, 0.15) is 20.8 Å². The van der Waals surface area contributed by atoms with Gasteiger partial charge in [0.2, 0.25) is 0 Å². The average molecular weight is 182 g/mol. The molecule has 0 aliphatic carbocycles. The van der Waals surface area contributed by atoms with Crippen molar-refractivity contribution < 1.29 is 10.2 Å². The molecule has 0 aromatic rings. The van der Waals surface area contributed by atoms with Crippen LogP contribution in [-0.4, -0.2) is 21.9 Å². The van der Waals surface area contributed by atoms with Crippen molar-refractivity contribution in [2.75, 3.05) is 0 Å². The summed E-state index contributed by atoms with van der Waals surface area (Å²) >= 11 is 0. The first-order chi connectivity index (χ1) is 6.10. The minimum Gasteiger partial charge on any atom is -0.385 e. The van der Waals surface area contributed by atoms with Crippen LogP contribution >= 0.6 is 0 Å². The zero-order chi connectivity index (χ0) is 10.3. The fraction of sp³-hybridized carbons (Fsp3) is 0.455. The smallest absolute Gasteiger partial charge is 0.130 e. The molecule has 0 aliphatic rings. The van der Waals surface area contributed by atoms with Crippen LogP contribution in [-0.2, 0) is 0 Å². The van der Waals surface area contributed by atoms with E-state index < -0.39 is 11.7 Å². The summed E-state index contributed by atoms with van der Waals surface area (Å²) in [6.07, 6.45) is 8.93. The number of aliphatic hydroxyl groups excluding tert-OH is 1. The number of rotatable bonds is 4. The molecular formula is C11H18O2. The SMILES string of the molecule is CC=CC(O)C(O)(C=CC)C=CC. The van der Waals surface area contributed by atoms with E-state index in [2.05, 4.69) is 0 Å². The van der Waals surface area contributed by atoms with Crippen LogP contribution in [0.2, 0.25) is 0 Å². The fourth-order valence-electron chi connectivity index (χ4n) is 1.12. The van der Waals surface area contributed by atoms with Gasteiger partial charge < -0.3 is 10.2 Å². The molecule has 0 amide bonds. The molecule has 0 rings (SSSR count). The summed E-state index contributed by atoms with van der Waals surface area (Å²) < 4.78 is 0. The van der Waals surface area contributed by atoms with Gasteiger partial charge in [0.15, 0.2) is 0 Å². The average Bonchev–Trinajstić information content (AvgIpc) is 2.05. The molecule has 2 N–H and O–H groups in total. The van der Waals surface area contributed by atoms with Crippen molar-refractivity contribution in [3.05, 3.63) is 36.5 Å². The van der Waals surface area contributed by atoms with Crippen molar-refractivity contribution >= 4 is 0 Å². The van der Waals surface area contributed by atoms with Crippen molar-refractivity contribution in [2.45, 2.75) is 32.5 Å². The summed E-state index contributed by atoms with van der Waals surface area (Å²) in [7, 11) is 0. The molecule has 0 aromatic carbocycles. The minimum absolute atomic E-state index is 0.898. The summed E-state index contributed by atoms with van der Waals surface area (Å²) in [5.74, 6) is 0. The molecule has 0 saturated heterocycles. The first kappa shape index (κ1) is 12.1. The zero-order valence-electron chi connectivity index (χ0n) is 8.44. The Balaban J connectivity index is 4.76. The van der Waals surface area contributed by atoms with Gasteiger partial charge in [0, 0.05) is 0 Å². The summed E-state index contributed by atoms with van der Waals surface area (Å²) in [5, 5.41) is 19.5. The Morgan fingerprint density at radius 2 is 1.46 bits per heavy atom. The summed E-state index contributed by atoms with van der Waals surface area (Å²) in [5.41, 5.74) is -1.28. The van der Waals surface area contributed by atoms with Crippen LogP contribution < -0.4 is 0 Å². The maximum atomic E-state index is 9.94. The van der Waals surface area contributed by atoms with E-state index in [4.69, 9.17) is 0 Å². The van der Waals surface area contributed by atoms with Gasteiger partial charge in [-0.05, 0) is 20.8 Å². The van der Waals surface area contributed by atoms with Crippen LogP contribution in [0.3, 0.4) is 0 Å².